The molecule has 0 spiro atoms. The summed E-state index contributed by atoms with van der Waals surface area (Å²) in [7, 11) is 4.89. The molecule has 12 nitrogen and oxygen atoms in total. The van der Waals surface area contributed by atoms with Crippen molar-refractivity contribution in [3.63, 3.8) is 0 Å². The van der Waals surface area contributed by atoms with Crippen LogP contribution in [-0.2, 0) is 4.79 Å². The molecule has 3 aromatic rings. The first kappa shape index (κ1) is 30.3. The molecule has 42 heavy (non-hydrogen) atoms. The van der Waals surface area contributed by atoms with Gasteiger partial charge in [0.15, 0.2) is 0 Å². The molecule has 0 aromatic heterocycles. The summed E-state index contributed by atoms with van der Waals surface area (Å²) in [5.41, 5.74) is 12.0. The summed E-state index contributed by atoms with van der Waals surface area (Å²) in [6.45, 7) is 1.63. The number of hydrogen-bond donors (Lipinski definition) is 6. The summed E-state index contributed by atoms with van der Waals surface area (Å²) in [5.74, 6) is 5.93. The van der Waals surface area contributed by atoms with Crippen LogP contribution in [0.1, 0.15) is 15.9 Å². The van der Waals surface area contributed by atoms with E-state index in [0.29, 0.717) is 59.5 Å². The average Bonchev–Trinajstić information content (AvgIpc) is 3.01. The Morgan fingerprint density at radius 3 is 2.29 bits per heavy atom. The lowest BCUT2D eigenvalue weighted by Crippen LogP contribution is -2.51. The highest BCUT2D eigenvalue weighted by molar-refractivity contribution is 6.34. The van der Waals surface area contributed by atoms with Gasteiger partial charge in [-0.2, -0.15) is 0 Å². The Labute approximate surface area is 249 Å². The number of para-hydroxylation sites is 1. The van der Waals surface area contributed by atoms with Gasteiger partial charge in [0.2, 0.25) is 0 Å². The minimum atomic E-state index is -0.351. The topological polar surface area (TPSA) is 161 Å². The number of amides is 2. The summed E-state index contributed by atoms with van der Waals surface area (Å²) < 4.78 is 5.41. The van der Waals surface area contributed by atoms with Gasteiger partial charge in [-0.25, -0.2) is 5.84 Å². The van der Waals surface area contributed by atoms with Gasteiger partial charge in [-0.15, -0.1) is 0 Å². The second kappa shape index (κ2) is 13.3. The first-order valence-corrected chi connectivity index (χ1v) is 13.5. The Kier molecular flexibility index (Phi) is 9.63. The molecule has 1 saturated heterocycles. The zero-order valence-electron chi connectivity index (χ0n) is 23.6. The first-order chi connectivity index (χ1) is 20.2. The SMILES string of the molecule is CNc1ccc(C(=O)Nc2cc(N3CCN(C(=O)/C(=C(/N)c4ccccc4OC)N(C)N)CC3)c(Cl)cc2NO)cc1. The number of nitrogens with one attached hydrogen (secondary N) is 3. The van der Waals surface area contributed by atoms with Gasteiger partial charge in [-0.1, -0.05) is 23.7 Å². The van der Waals surface area contributed by atoms with Crippen LogP contribution in [0.2, 0.25) is 5.02 Å². The number of methoxy groups -OCH3 is 1. The highest BCUT2D eigenvalue weighted by atomic mass is 35.5. The Morgan fingerprint density at radius 2 is 1.69 bits per heavy atom. The number of hydrogen-bond acceptors (Lipinski definition) is 10. The van der Waals surface area contributed by atoms with E-state index in [1.165, 1.54) is 18.2 Å². The maximum atomic E-state index is 13.6. The third-order valence-corrected chi connectivity index (χ3v) is 7.31. The van der Waals surface area contributed by atoms with Crippen LogP contribution in [0, 0.1) is 0 Å². The zero-order valence-corrected chi connectivity index (χ0v) is 24.4. The molecule has 0 bridgehead atoms. The molecular formula is C29H35ClN8O4. The molecule has 0 aliphatic carbocycles. The quantitative estimate of drug-likeness (QED) is 0.123. The number of rotatable bonds is 9. The van der Waals surface area contributed by atoms with E-state index in [1.807, 2.05) is 11.0 Å². The largest absolute Gasteiger partial charge is 0.496 e. The number of piperazine rings is 1. The van der Waals surface area contributed by atoms with Crippen molar-refractivity contribution in [2.75, 3.05) is 68.4 Å². The second-order valence-electron chi connectivity index (χ2n) is 9.60. The van der Waals surface area contributed by atoms with Crippen molar-refractivity contribution in [3.8, 4) is 5.75 Å². The van der Waals surface area contributed by atoms with Crippen LogP contribution in [0.3, 0.4) is 0 Å². The van der Waals surface area contributed by atoms with Gasteiger partial charge in [0.1, 0.15) is 11.4 Å². The van der Waals surface area contributed by atoms with Crippen molar-refractivity contribution in [3.05, 3.63) is 82.5 Å². The summed E-state index contributed by atoms with van der Waals surface area (Å²) in [6.07, 6.45) is 0. The molecule has 222 valence electrons. The number of hydrazine groups is 1. The lowest BCUT2D eigenvalue weighted by atomic mass is 10.1. The molecular weight excluding hydrogens is 560 g/mol. The number of carbonyl (C=O) groups is 2. The van der Waals surface area contributed by atoms with Crippen LogP contribution in [-0.4, -0.2) is 74.3 Å². The molecule has 1 fully saturated rings. The maximum Gasteiger partial charge on any atom is 0.273 e. The van der Waals surface area contributed by atoms with Gasteiger partial charge < -0.3 is 35.9 Å². The third kappa shape index (κ3) is 6.46. The smallest absolute Gasteiger partial charge is 0.273 e. The molecule has 3 aromatic carbocycles. The normalized spacial score (nSPS) is 13.7. The molecule has 2 amide bonds. The Morgan fingerprint density at radius 1 is 1.02 bits per heavy atom. The fraction of sp³-hybridized carbons (Fsp3) is 0.241. The van der Waals surface area contributed by atoms with Gasteiger partial charge in [0, 0.05) is 57.1 Å². The predicted molar refractivity (Wildman–Crippen MR) is 166 cm³/mol. The number of ether oxygens (including phenoxy) is 1. The number of nitrogens with zero attached hydrogens (tertiary/aromatic N) is 3. The lowest BCUT2D eigenvalue weighted by Gasteiger charge is -2.37. The molecule has 13 heteroatoms. The molecule has 8 N–H and O–H groups in total. The van der Waals surface area contributed by atoms with Crippen molar-refractivity contribution in [1.82, 2.24) is 9.91 Å². The van der Waals surface area contributed by atoms with Gasteiger partial charge in [-0.05, 0) is 48.5 Å². The summed E-state index contributed by atoms with van der Waals surface area (Å²) in [6, 6.07) is 17.4. The number of benzene rings is 3. The van der Waals surface area contributed by atoms with E-state index in [-0.39, 0.29) is 28.9 Å². The molecule has 1 aliphatic rings. The predicted octanol–water partition coefficient (Wildman–Crippen LogP) is 3.23. The minimum Gasteiger partial charge on any atom is -0.496 e. The highest BCUT2D eigenvalue weighted by Gasteiger charge is 2.29. The van der Waals surface area contributed by atoms with Crippen LogP contribution >= 0.6 is 11.6 Å². The Hall–Kier alpha value is -4.65. The van der Waals surface area contributed by atoms with Crippen LogP contribution in [0.5, 0.6) is 5.75 Å². The highest BCUT2D eigenvalue weighted by Crippen LogP contribution is 2.36. The molecule has 0 saturated carbocycles. The van der Waals surface area contributed by atoms with Gasteiger partial charge in [-0.3, -0.25) is 20.3 Å². The van der Waals surface area contributed by atoms with E-state index < -0.39 is 0 Å². The minimum absolute atomic E-state index is 0.150. The first-order valence-electron chi connectivity index (χ1n) is 13.2. The van der Waals surface area contributed by atoms with Crippen molar-refractivity contribution in [2.24, 2.45) is 11.6 Å². The summed E-state index contributed by atoms with van der Waals surface area (Å²) in [4.78, 5) is 30.2. The number of carbonyl (C=O) groups excluding carboxylic acids is 2. The Balaban J connectivity index is 1.52. The lowest BCUT2D eigenvalue weighted by molar-refractivity contribution is -0.128. The third-order valence-electron chi connectivity index (χ3n) is 7.01. The monoisotopic (exact) mass is 594 g/mol. The van der Waals surface area contributed by atoms with Crippen molar-refractivity contribution >= 4 is 51.9 Å². The molecule has 1 aliphatic heterocycles. The van der Waals surface area contributed by atoms with E-state index in [1.54, 1.807) is 67.5 Å². The van der Waals surface area contributed by atoms with E-state index in [0.717, 1.165) is 5.69 Å². The van der Waals surface area contributed by atoms with E-state index in [2.05, 4.69) is 16.1 Å². The standard InChI is InChI=1S/C29H35ClN8O4/c1-33-19-10-8-18(9-11-19)28(39)34-22-17-24(21(30)16-23(22)35-41)37-12-14-38(15-13-37)29(40)27(36(2)32)26(31)20-6-4-5-7-25(20)42-3/h4-11,16-17,33,35,41H,12-15,31-32H2,1-3H3,(H,34,39)/b27-26-. The molecule has 0 unspecified atom stereocenters. The van der Waals surface area contributed by atoms with Crippen LogP contribution in [0.25, 0.3) is 5.70 Å². The van der Waals surface area contributed by atoms with E-state index in [9.17, 15) is 14.8 Å². The van der Waals surface area contributed by atoms with Crippen molar-refractivity contribution in [1.29, 1.82) is 0 Å². The fourth-order valence-electron chi connectivity index (χ4n) is 4.73. The Bertz CT molecular complexity index is 1470. The fourth-order valence-corrected chi connectivity index (χ4v) is 5.02. The van der Waals surface area contributed by atoms with Gasteiger partial charge in [0.25, 0.3) is 11.8 Å². The van der Waals surface area contributed by atoms with Crippen LogP contribution in [0.4, 0.5) is 22.7 Å². The summed E-state index contributed by atoms with van der Waals surface area (Å²) >= 11 is 6.58. The number of nitrogens with two attached hydrogens (primary N) is 2. The van der Waals surface area contributed by atoms with Crippen LogP contribution < -0.4 is 37.3 Å². The summed E-state index contributed by atoms with van der Waals surface area (Å²) in [5, 5.41) is 17.1. The number of likely N-dealkylation sites (N-methyl/N-ethyl adjacent to an activating group) is 1. The van der Waals surface area contributed by atoms with Crippen molar-refractivity contribution < 1.29 is 19.5 Å². The molecule has 4 rings (SSSR count). The zero-order chi connectivity index (χ0) is 30.4. The second-order valence-corrected chi connectivity index (χ2v) is 10.0. The van der Waals surface area contributed by atoms with Crippen molar-refractivity contribution in [2.45, 2.75) is 0 Å². The molecule has 1 heterocycles. The van der Waals surface area contributed by atoms with Gasteiger partial charge >= 0.3 is 0 Å². The number of halogens is 1. The molecule has 0 radical (unpaired) electrons. The maximum absolute atomic E-state index is 13.6. The molecule has 0 atom stereocenters. The van der Waals surface area contributed by atoms with Gasteiger partial charge in [0.05, 0.1) is 34.9 Å². The van der Waals surface area contributed by atoms with E-state index >= 15 is 0 Å². The number of anilines is 4. The van der Waals surface area contributed by atoms with E-state index in [4.69, 9.17) is 27.9 Å². The van der Waals surface area contributed by atoms with Crippen LogP contribution in [0.15, 0.2) is 66.4 Å². The average molecular weight is 595 g/mol.